The zero-order chi connectivity index (χ0) is 18.4. The first-order valence-electron chi connectivity index (χ1n) is 9.86. The summed E-state index contributed by atoms with van der Waals surface area (Å²) in [6.45, 7) is 1.66. The number of carbonyl (C=O) groups excluding carboxylic acids is 1. The molecule has 6 nitrogen and oxygen atoms in total. The first kappa shape index (κ1) is 17.0. The average Bonchev–Trinajstić information content (AvgIpc) is 3.47. The summed E-state index contributed by atoms with van der Waals surface area (Å²) >= 11 is 1.54. The highest BCUT2D eigenvalue weighted by Gasteiger charge is 2.42. The third-order valence-corrected chi connectivity index (χ3v) is 7.32. The van der Waals surface area contributed by atoms with Gasteiger partial charge in [0.15, 0.2) is 0 Å². The lowest BCUT2D eigenvalue weighted by Crippen LogP contribution is -2.43. The molecule has 2 fully saturated rings. The number of thiophene rings is 1. The van der Waals surface area contributed by atoms with Crippen LogP contribution in [0.2, 0.25) is 0 Å². The van der Waals surface area contributed by atoms with Crippen LogP contribution in [0.1, 0.15) is 31.5 Å². The minimum atomic E-state index is -0.176. The minimum absolute atomic E-state index is 0.176. The van der Waals surface area contributed by atoms with Gasteiger partial charge in [0.05, 0.1) is 0 Å². The van der Waals surface area contributed by atoms with Gasteiger partial charge in [-0.15, -0.1) is 11.3 Å². The topological polar surface area (TPSA) is 71.0 Å². The Bertz CT molecular complexity index is 905. The van der Waals surface area contributed by atoms with Crippen molar-refractivity contribution >= 4 is 17.2 Å². The number of piperidine rings is 1. The number of rotatable bonds is 4. The molecule has 2 aromatic heterocycles. The first-order valence-corrected chi connectivity index (χ1v) is 10.7. The van der Waals surface area contributed by atoms with Crippen LogP contribution in [0.15, 0.2) is 34.5 Å². The molecule has 1 N–H and O–H groups in total. The van der Waals surface area contributed by atoms with Crippen LogP contribution in [0.5, 0.6) is 0 Å². The van der Waals surface area contributed by atoms with E-state index in [1.165, 1.54) is 17.8 Å². The maximum absolute atomic E-state index is 12.9. The fraction of sp³-hybridized carbons (Fsp3) is 0.550. The number of nitrogens with one attached hydrogen (secondary N) is 1. The molecular weight excluding hydrogens is 360 g/mol. The third kappa shape index (κ3) is 3.08. The molecule has 5 rings (SSSR count). The molecule has 0 radical (unpaired) electrons. The van der Waals surface area contributed by atoms with Gasteiger partial charge >= 0.3 is 5.69 Å². The van der Waals surface area contributed by atoms with Crippen LogP contribution >= 0.6 is 11.3 Å². The molecule has 1 amide bonds. The van der Waals surface area contributed by atoms with E-state index >= 15 is 0 Å². The minimum Gasteiger partial charge on any atom is -0.342 e. The van der Waals surface area contributed by atoms with Gasteiger partial charge in [0.2, 0.25) is 5.91 Å². The number of aromatic amines is 1. The van der Waals surface area contributed by atoms with Gasteiger partial charge in [-0.3, -0.25) is 4.79 Å². The lowest BCUT2D eigenvalue weighted by Gasteiger charge is -2.34. The highest BCUT2D eigenvalue weighted by atomic mass is 32.1. The van der Waals surface area contributed by atoms with Gasteiger partial charge in [-0.25, -0.2) is 14.5 Å². The zero-order valence-electron chi connectivity index (χ0n) is 15.2. The van der Waals surface area contributed by atoms with Gasteiger partial charge in [-0.1, -0.05) is 12.2 Å². The van der Waals surface area contributed by atoms with Crippen LogP contribution in [0.25, 0.3) is 5.00 Å². The first-order chi connectivity index (χ1) is 13.2. The second kappa shape index (κ2) is 6.78. The maximum atomic E-state index is 12.9. The van der Waals surface area contributed by atoms with Crippen LogP contribution in [-0.4, -0.2) is 38.7 Å². The summed E-state index contributed by atoms with van der Waals surface area (Å²) < 4.78 is 1.68. The van der Waals surface area contributed by atoms with Crippen LogP contribution < -0.4 is 5.69 Å². The number of fused-ring (bicyclic) bond motifs is 2. The summed E-state index contributed by atoms with van der Waals surface area (Å²) in [5, 5.41) is 9.71. The molecule has 1 aliphatic heterocycles. The molecular formula is C20H24N4O2S. The fourth-order valence-corrected chi connectivity index (χ4v) is 5.75. The number of hydrogen-bond donors (Lipinski definition) is 1. The van der Waals surface area contributed by atoms with Crippen LogP contribution in [0.4, 0.5) is 0 Å². The molecule has 0 spiro atoms. The lowest BCUT2D eigenvalue weighted by atomic mass is 9.89. The molecule has 3 unspecified atom stereocenters. The normalized spacial score (nSPS) is 27.6. The van der Waals surface area contributed by atoms with E-state index in [-0.39, 0.29) is 11.6 Å². The van der Waals surface area contributed by atoms with Gasteiger partial charge in [0.25, 0.3) is 0 Å². The molecule has 3 heterocycles. The summed E-state index contributed by atoms with van der Waals surface area (Å²) in [6.07, 6.45) is 9.49. The van der Waals surface area contributed by atoms with Crippen LogP contribution in [-0.2, 0) is 11.2 Å². The van der Waals surface area contributed by atoms with Crippen LogP contribution in [0, 0.1) is 23.7 Å². The molecule has 0 aromatic carbocycles. The molecule has 3 aliphatic rings. The van der Waals surface area contributed by atoms with E-state index in [1.807, 2.05) is 17.5 Å². The second-order valence-corrected chi connectivity index (χ2v) is 9.02. The van der Waals surface area contributed by atoms with Crippen molar-refractivity contribution in [1.29, 1.82) is 0 Å². The molecule has 27 heavy (non-hydrogen) atoms. The number of nitrogens with zero attached hydrogens (tertiary/aromatic N) is 3. The average molecular weight is 385 g/mol. The second-order valence-electron chi connectivity index (χ2n) is 8.09. The van der Waals surface area contributed by atoms with E-state index in [4.69, 9.17) is 0 Å². The fourth-order valence-electron chi connectivity index (χ4n) is 5.01. The predicted octanol–water partition coefficient (Wildman–Crippen LogP) is 2.62. The van der Waals surface area contributed by atoms with Gasteiger partial charge < -0.3 is 4.90 Å². The molecule has 1 saturated carbocycles. The van der Waals surface area contributed by atoms with Gasteiger partial charge in [0, 0.05) is 25.4 Å². The number of aromatic nitrogens is 3. The van der Waals surface area contributed by atoms with Crippen molar-refractivity contribution in [2.24, 2.45) is 23.7 Å². The van der Waals surface area contributed by atoms with E-state index in [0.29, 0.717) is 23.7 Å². The third-order valence-electron chi connectivity index (χ3n) is 6.46. The molecule has 142 valence electrons. The SMILES string of the molecule is O=C(C1CC2C=CC1C2)N1CCC(Cc2n[nH]c(=O)n2-c2cccs2)CC1. The predicted molar refractivity (Wildman–Crippen MR) is 104 cm³/mol. The van der Waals surface area contributed by atoms with E-state index < -0.39 is 0 Å². The highest BCUT2D eigenvalue weighted by Crippen LogP contribution is 2.44. The Morgan fingerprint density at radius 1 is 1.26 bits per heavy atom. The molecule has 7 heteroatoms. The number of likely N-dealkylation sites (tertiary alicyclic amines) is 1. The molecule has 3 atom stereocenters. The zero-order valence-corrected chi connectivity index (χ0v) is 16.0. The van der Waals surface area contributed by atoms with Gasteiger partial charge in [-0.05, 0) is 60.9 Å². The quantitative estimate of drug-likeness (QED) is 0.824. The maximum Gasteiger partial charge on any atom is 0.348 e. The number of hydrogen-bond acceptors (Lipinski definition) is 4. The van der Waals surface area contributed by atoms with Crippen molar-refractivity contribution in [3.63, 3.8) is 0 Å². The Balaban J connectivity index is 1.21. The summed E-state index contributed by atoms with van der Waals surface area (Å²) in [6, 6.07) is 3.88. The summed E-state index contributed by atoms with van der Waals surface area (Å²) in [4.78, 5) is 27.1. The van der Waals surface area contributed by atoms with E-state index in [9.17, 15) is 9.59 Å². The van der Waals surface area contributed by atoms with Gasteiger partial charge in [0.1, 0.15) is 10.8 Å². The lowest BCUT2D eigenvalue weighted by molar-refractivity contribution is -0.137. The largest absolute Gasteiger partial charge is 0.348 e. The van der Waals surface area contributed by atoms with Gasteiger partial charge in [-0.2, -0.15) is 5.10 Å². The summed E-state index contributed by atoms with van der Waals surface area (Å²) in [7, 11) is 0. The van der Waals surface area contributed by atoms with E-state index in [1.54, 1.807) is 4.57 Å². The highest BCUT2D eigenvalue weighted by molar-refractivity contribution is 7.12. The van der Waals surface area contributed by atoms with Crippen molar-refractivity contribution in [3.8, 4) is 5.00 Å². The Labute approximate surface area is 161 Å². The number of allylic oxidation sites excluding steroid dienone is 2. The number of amides is 1. The van der Waals surface area contributed by atoms with E-state index in [2.05, 4.69) is 27.2 Å². The Morgan fingerprint density at radius 3 is 2.78 bits per heavy atom. The molecule has 1 saturated heterocycles. The van der Waals surface area contributed by atoms with Crippen LogP contribution in [0.3, 0.4) is 0 Å². The smallest absolute Gasteiger partial charge is 0.342 e. The number of H-pyrrole nitrogens is 1. The van der Waals surface area contributed by atoms with Crippen molar-refractivity contribution in [3.05, 3.63) is 46.0 Å². The Kier molecular flexibility index (Phi) is 4.27. The summed E-state index contributed by atoms with van der Waals surface area (Å²) in [5.74, 6) is 2.94. The molecule has 2 bridgehead atoms. The monoisotopic (exact) mass is 384 g/mol. The Morgan fingerprint density at radius 2 is 2.11 bits per heavy atom. The van der Waals surface area contributed by atoms with Crippen molar-refractivity contribution in [2.45, 2.75) is 32.1 Å². The Hall–Kier alpha value is -2.15. The standard InChI is InChI=1S/C20H24N4O2S/c25-19(16-11-14-3-4-15(16)10-14)23-7-5-13(6-8-23)12-17-21-22-20(26)24(17)18-2-1-9-27-18/h1-4,9,13-16H,5-8,10-12H2,(H,22,26). The summed E-state index contributed by atoms with van der Waals surface area (Å²) in [5.41, 5.74) is -0.176. The number of carbonyl (C=O) groups is 1. The van der Waals surface area contributed by atoms with Crippen molar-refractivity contribution in [2.75, 3.05) is 13.1 Å². The van der Waals surface area contributed by atoms with E-state index in [0.717, 1.165) is 49.6 Å². The van der Waals surface area contributed by atoms with Crippen molar-refractivity contribution in [1.82, 2.24) is 19.7 Å². The molecule has 2 aliphatic carbocycles. The van der Waals surface area contributed by atoms with Crippen molar-refractivity contribution < 1.29 is 4.79 Å². The molecule has 2 aromatic rings.